The van der Waals surface area contributed by atoms with Gasteiger partial charge in [0.2, 0.25) is 0 Å². The Labute approximate surface area is 120 Å². The molecule has 0 saturated heterocycles. The standard InChI is InChI=1S/C16H14F3NO/c17-16(18,19)12-7-3-1-5-10(12)15-9-13(20)11-6-2-4-8-14(11)21-15/h1-8,13,15H,9,20H2/t13-,15?/m1/s1. The van der Waals surface area contributed by atoms with Gasteiger partial charge in [-0.25, -0.2) is 0 Å². The van der Waals surface area contributed by atoms with Gasteiger partial charge in [0.1, 0.15) is 11.9 Å². The zero-order valence-corrected chi connectivity index (χ0v) is 11.1. The van der Waals surface area contributed by atoms with Gasteiger partial charge in [0.15, 0.2) is 0 Å². The maximum Gasteiger partial charge on any atom is 0.416 e. The SMILES string of the molecule is N[C@@H]1CC(c2ccccc2C(F)(F)F)Oc2ccccc21. The van der Waals surface area contributed by atoms with Crippen molar-refractivity contribution in [2.24, 2.45) is 5.73 Å². The monoisotopic (exact) mass is 293 g/mol. The summed E-state index contributed by atoms with van der Waals surface area (Å²) in [5.41, 5.74) is 6.37. The summed E-state index contributed by atoms with van der Waals surface area (Å²) in [7, 11) is 0. The van der Waals surface area contributed by atoms with Gasteiger partial charge in [0, 0.05) is 23.6 Å². The van der Waals surface area contributed by atoms with E-state index in [1.807, 2.05) is 12.1 Å². The summed E-state index contributed by atoms with van der Waals surface area (Å²) in [5, 5.41) is 0. The highest BCUT2D eigenvalue weighted by molar-refractivity contribution is 5.40. The number of rotatable bonds is 1. The van der Waals surface area contributed by atoms with E-state index in [0.29, 0.717) is 12.2 Å². The summed E-state index contributed by atoms with van der Waals surface area (Å²) in [6.07, 6.45) is -4.77. The van der Waals surface area contributed by atoms with Crippen LogP contribution in [-0.4, -0.2) is 0 Å². The third-order valence-corrected chi connectivity index (χ3v) is 3.67. The fraction of sp³-hybridized carbons (Fsp3) is 0.250. The van der Waals surface area contributed by atoms with Crippen LogP contribution in [0.4, 0.5) is 13.2 Å². The molecule has 5 heteroatoms. The molecule has 0 radical (unpaired) electrons. The summed E-state index contributed by atoms with van der Waals surface area (Å²) < 4.78 is 45.1. The summed E-state index contributed by atoms with van der Waals surface area (Å²) >= 11 is 0. The minimum absolute atomic E-state index is 0.134. The minimum atomic E-state index is -4.40. The predicted molar refractivity (Wildman–Crippen MR) is 72.8 cm³/mol. The number of hydrogen-bond acceptors (Lipinski definition) is 2. The van der Waals surface area contributed by atoms with E-state index in [9.17, 15) is 13.2 Å². The Morgan fingerprint density at radius 3 is 2.29 bits per heavy atom. The third-order valence-electron chi connectivity index (χ3n) is 3.67. The smallest absolute Gasteiger partial charge is 0.416 e. The highest BCUT2D eigenvalue weighted by atomic mass is 19.4. The molecule has 0 spiro atoms. The van der Waals surface area contributed by atoms with Crippen molar-refractivity contribution in [3.8, 4) is 5.75 Å². The molecular formula is C16H14F3NO. The first-order chi connectivity index (χ1) is 9.97. The van der Waals surface area contributed by atoms with E-state index >= 15 is 0 Å². The van der Waals surface area contributed by atoms with E-state index in [-0.39, 0.29) is 11.6 Å². The molecule has 21 heavy (non-hydrogen) atoms. The van der Waals surface area contributed by atoms with Crippen LogP contribution in [0.25, 0.3) is 0 Å². The molecule has 1 aliphatic rings. The number of fused-ring (bicyclic) bond motifs is 1. The largest absolute Gasteiger partial charge is 0.485 e. The van der Waals surface area contributed by atoms with Crippen molar-refractivity contribution < 1.29 is 17.9 Å². The lowest BCUT2D eigenvalue weighted by atomic mass is 9.91. The summed E-state index contributed by atoms with van der Waals surface area (Å²) in [6, 6.07) is 12.3. The van der Waals surface area contributed by atoms with Gasteiger partial charge in [0.05, 0.1) is 5.56 Å². The lowest BCUT2D eigenvalue weighted by molar-refractivity contribution is -0.139. The molecule has 0 saturated carbocycles. The van der Waals surface area contributed by atoms with Gasteiger partial charge in [-0.05, 0) is 12.1 Å². The Morgan fingerprint density at radius 1 is 0.952 bits per heavy atom. The molecule has 110 valence electrons. The fourth-order valence-electron chi connectivity index (χ4n) is 2.68. The van der Waals surface area contributed by atoms with Gasteiger partial charge in [0.25, 0.3) is 0 Å². The second-order valence-corrected chi connectivity index (χ2v) is 5.07. The summed E-state index contributed by atoms with van der Waals surface area (Å²) in [4.78, 5) is 0. The van der Waals surface area contributed by atoms with Crippen LogP contribution in [-0.2, 0) is 6.18 Å². The molecule has 0 aromatic heterocycles. The van der Waals surface area contributed by atoms with Gasteiger partial charge < -0.3 is 10.5 Å². The van der Waals surface area contributed by atoms with Gasteiger partial charge in [-0.2, -0.15) is 13.2 Å². The highest BCUT2D eigenvalue weighted by Gasteiger charge is 2.37. The zero-order valence-electron chi connectivity index (χ0n) is 11.1. The molecule has 0 fully saturated rings. The van der Waals surface area contributed by atoms with Gasteiger partial charge in [-0.15, -0.1) is 0 Å². The predicted octanol–water partition coefficient (Wildman–Crippen LogP) is 4.23. The topological polar surface area (TPSA) is 35.2 Å². The lowest BCUT2D eigenvalue weighted by Crippen LogP contribution is -2.25. The van der Waals surface area contributed by atoms with E-state index in [1.54, 1.807) is 18.2 Å². The molecule has 2 aromatic carbocycles. The van der Waals surface area contributed by atoms with Crippen molar-refractivity contribution in [1.29, 1.82) is 0 Å². The minimum Gasteiger partial charge on any atom is -0.485 e. The van der Waals surface area contributed by atoms with E-state index in [4.69, 9.17) is 10.5 Å². The molecule has 0 amide bonds. The summed E-state index contributed by atoms with van der Waals surface area (Å²) in [5.74, 6) is 0.554. The van der Waals surface area contributed by atoms with Crippen LogP contribution in [0.2, 0.25) is 0 Å². The Kier molecular flexibility index (Phi) is 3.37. The number of halogens is 3. The molecule has 2 aromatic rings. The molecule has 0 aliphatic carbocycles. The number of nitrogens with two attached hydrogens (primary N) is 1. The average Bonchev–Trinajstić information content (AvgIpc) is 2.46. The highest BCUT2D eigenvalue weighted by Crippen LogP contribution is 2.43. The molecule has 3 rings (SSSR count). The zero-order chi connectivity index (χ0) is 15.0. The molecule has 0 bridgehead atoms. The van der Waals surface area contributed by atoms with Crippen LogP contribution in [0, 0.1) is 0 Å². The first-order valence-corrected chi connectivity index (χ1v) is 6.64. The molecule has 1 unspecified atom stereocenters. The van der Waals surface area contributed by atoms with Crippen molar-refractivity contribution in [3.05, 3.63) is 65.2 Å². The molecule has 2 nitrogen and oxygen atoms in total. The van der Waals surface area contributed by atoms with Crippen molar-refractivity contribution in [2.45, 2.75) is 24.7 Å². The fourth-order valence-corrected chi connectivity index (χ4v) is 2.68. The molecule has 1 heterocycles. The van der Waals surface area contributed by atoms with Crippen molar-refractivity contribution in [3.63, 3.8) is 0 Å². The Hall–Kier alpha value is -2.01. The van der Waals surface area contributed by atoms with Crippen molar-refractivity contribution in [1.82, 2.24) is 0 Å². The number of hydrogen-bond donors (Lipinski definition) is 1. The van der Waals surface area contributed by atoms with Gasteiger partial charge in [-0.1, -0.05) is 36.4 Å². The van der Waals surface area contributed by atoms with Crippen LogP contribution in [0.3, 0.4) is 0 Å². The maximum absolute atomic E-state index is 13.1. The Bertz CT molecular complexity index is 654. The van der Waals surface area contributed by atoms with Crippen LogP contribution < -0.4 is 10.5 Å². The molecule has 2 N–H and O–H groups in total. The number of ether oxygens (including phenoxy) is 1. The second-order valence-electron chi connectivity index (χ2n) is 5.07. The summed E-state index contributed by atoms with van der Waals surface area (Å²) in [6.45, 7) is 0. The van der Waals surface area contributed by atoms with Crippen molar-refractivity contribution in [2.75, 3.05) is 0 Å². The average molecular weight is 293 g/mol. The van der Waals surface area contributed by atoms with Crippen LogP contribution >= 0.6 is 0 Å². The van der Waals surface area contributed by atoms with E-state index in [1.165, 1.54) is 12.1 Å². The van der Waals surface area contributed by atoms with E-state index in [2.05, 4.69) is 0 Å². The van der Waals surface area contributed by atoms with Crippen LogP contribution in [0.5, 0.6) is 5.75 Å². The molecule has 2 atom stereocenters. The van der Waals surface area contributed by atoms with Gasteiger partial charge in [-0.3, -0.25) is 0 Å². The maximum atomic E-state index is 13.1. The normalized spacial score (nSPS) is 21.5. The number of para-hydroxylation sites is 1. The van der Waals surface area contributed by atoms with E-state index in [0.717, 1.165) is 11.6 Å². The Morgan fingerprint density at radius 2 is 1.57 bits per heavy atom. The van der Waals surface area contributed by atoms with Crippen molar-refractivity contribution >= 4 is 0 Å². The molecule has 1 aliphatic heterocycles. The molecular weight excluding hydrogens is 279 g/mol. The van der Waals surface area contributed by atoms with Gasteiger partial charge >= 0.3 is 6.18 Å². The quantitative estimate of drug-likeness (QED) is 0.854. The Balaban J connectivity index is 2.01. The van der Waals surface area contributed by atoms with Crippen LogP contribution in [0.1, 0.15) is 35.3 Å². The van der Waals surface area contributed by atoms with E-state index < -0.39 is 17.8 Å². The lowest BCUT2D eigenvalue weighted by Gasteiger charge is -2.31. The second kappa shape index (κ2) is 5.07. The number of benzene rings is 2. The first-order valence-electron chi connectivity index (χ1n) is 6.64. The first kappa shape index (κ1) is 13.9. The number of alkyl halides is 3. The van der Waals surface area contributed by atoms with Crippen LogP contribution in [0.15, 0.2) is 48.5 Å². The third kappa shape index (κ3) is 2.61.